The Kier molecular flexibility index (Phi) is 4.47. The van der Waals surface area contributed by atoms with Gasteiger partial charge in [-0.05, 0) is 49.9 Å². The highest BCUT2D eigenvalue weighted by Gasteiger charge is 2.61. The summed E-state index contributed by atoms with van der Waals surface area (Å²) in [6, 6.07) is 0. The number of hydrogen-bond acceptors (Lipinski definition) is 6. The van der Waals surface area contributed by atoms with Crippen LogP contribution in [-0.4, -0.2) is 52.9 Å². The monoisotopic (exact) mass is 449 g/mol. The molecule has 3 heterocycles. The lowest BCUT2D eigenvalue weighted by Crippen LogP contribution is -2.63. The summed E-state index contributed by atoms with van der Waals surface area (Å²) in [4.78, 5) is 27.8. The number of aliphatic carboxylic acids is 1. The SMILES string of the molecule is O=C(O)[C@H]1C2C[C@@H]3C[C@H](C2)CC1(n1ncc(N2CCC4(CC2)OCCO4)c(Cl)c1=O)C3. The number of halogens is 1. The topological polar surface area (TPSA) is 93.9 Å². The van der Waals surface area contributed by atoms with Gasteiger partial charge in [-0.25, -0.2) is 4.68 Å². The minimum Gasteiger partial charge on any atom is -0.481 e. The fourth-order valence-electron chi connectivity index (χ4n) is 7.57. The second-order valence-corrected chi connectivity index (χ2v) is 10.6. The van der Waals surface area contributed by atoms with Gasteiger partial charge in [0.1, 0.15) is 5.02 Å². The predicted octanol–water partition coefficient (Wildman–Crippen LogP) is 2.48. The number of ether oxygens (including phenoxy) is 2. The van der Waals surface area contributed by atoms with Gasteiger partial charge in [0.05, 0.1) is 36.6 Å². The molecule has 1 aromatic heterocycles. The number of nitrogens with zero attached hydrogens (tertiary/aromatic N) is 3. The molecular formula is C22H28ClN3O5. The fourth-order valence-corrected chi connectivity index (χ4v) is 7.82. The zero-order valence-electron chi connectivity index (χ0n) is 17.5. The summed E-state index contributed by atoms with van der Waals surface area (Å²) in [5, 5.41) is 14.8. The molecule has 9 heteroatoms. The first-order valence-corrected chi connectivity index (χ1v) is 11.8. The Morgan fingerprint density at radius 2 is 1.77 bits per heavy atom. The summed E-state index contributed by atoms with van der Waals surface area (Å²) in [6.07, 6.45) is 7.55. The molecule has 31 heavy (non-hydrogen) atoms. The van der Waals surface area contributed by atoms with Gasteiger partial charge < -0.3 is 19.5 Å². The number of rotatable bonds is 3. The maximum atomic E-state index is 13.5. The number of carboxylic acids is 1. The summed E-state index contributed by atoms with van der Waals surface area (Å²) < 4.78 is 13.0. The van der Waals surface area contributed by atoms with Gasteiger partial charge in [-0.1, -0.05) is 11.6 Å². The molecule has 1 spiro atoms. The Morgan fingerprint density at radius 1 is 1.13 bits per heavy atom. The summed E-state index contributed by atoms with van der Waals surface area (Å²) in [5.74, 6) is -0.802. The molecule has 7 rings (SSSR count). The molecule has 5 atom stereocenters. The first-order valence-electron chi connectivity index (χ1n) is 11.4. The van der Waals surface area contributed by atoms with E-state index in [1.165, 1.54) is 4.68 Å². The van der Waals surface area contributed by atoms with Crippen molar-refractivity contribution in [2.75, 3.05) is 31.2 Å². The van der Waals surface area contributed by atoms with E-state index >= 15 is 0 Å². The molecule has 2 saturated heterocycles. The lowest BCUT2D eigenvalue weighted by Gasteiger charge is -2.59. The lowest BCUT2D eigenvalue weighted by atomic mass is 9.48. The molecule has 6 aliphatic rings. The van der Waals surface area contributed by atoms with E-state index in [2.05, 4.69) is 10.00 Å². The lowest BCUT2D eigenvalue weighted by molar-refractivity contribution is -0.169. The van der Waals surface area contributed by atoms with Gasteiger partial charge in [-0.3, -0.25) is 9.59 Å². The molecule has 2 aliphatic heterocycles. The Hall–Kier alpha value is -1.64. The van der Waals surface area contributed by atoms with Crippen molar-refractivity contribution in [3.05, 3.63) is 21.6 Å². The van der Waals surface area contributed by atoms with Crippen LogP contribution in [0.5, 0.6) is 0 Å². The van der Waals surface area contributed by atoms with Crippen molar-refractivity contribution < 1.29 is 19.4 Å². The Morgan fingerprint density at radius 3 is 2.39 bits per heavy atom. The van der Waals surface area contributed by atoms with E-state index in [9.17, 15) is 14.7 Å². The molecule has 2 unspecified atom stereocenters. The van der Waals surface area contributed by atoms with Gasteiger partial charge in [0.25, 0.3) is 5.56 Å². The van der Waals surface area contributed by atoms with E-state index < -0.39 is 23.2 Å². The minimum atomic E-state index is -0.810. The highest BCUT2D eigenvalue weighted by Crippen LogP contribution is 2.61. The molecule has 8 nitrogen and oxygen atoms in total. The quantitative estimate of drug-likeness (QED) is 0.757. The van der Waals surface area contributed by atoms with E-state index in [0.29, 0.717) is 69.5 Å². The number of carboxylic acid groups (broad SMARTS) is 1. The number of aromatic nitrogens is 2. The van der Waals surface area contributed by atoms with E-state index in [1.54, 1.807) is 6.20 Å². The molecule has 4 bridgehead atoms. The third kappa shape index (κ3) is 2.91. The zero-order valence-corrected chi connectivity index (χ0v) is 18.2. The van der Waals surface area contributed by atoms with Gasteiger partial charge in [-0.2, -0.15) is 5.10 Å². The molecule has 1 aromatic rings. The maximum absolute atomic E-state index is 13.5. The van der Waals surface area contributed by atoms with Crippen LogP contribution in [0.3, 0.4) is 0 Å². The third-order valence-electron chi connectivity index (χ3n) is 8.54. The van der Waals surface area contributed by atoms with Crippen LogP contribution in [0.1, 0.15) is 44.9 Å². The second kappa shape index (κ2) is 6.93. The van der Waals surface area contributed by atoms with Crippen LogP contribution >= 0.6 is 11.6 Å². The first-order chi connectivity index (χ1) is 14.9. The fraction of sp³-hybridized carbons (Fsp3) is 0.773. The predicted molar refractivity (Wildman–Crippen MR) is 112 cm³/mol. The van der Waals surface area contributed by atoms with E-state index in [-0.39, 0.29) is 16.5 Å². The zero-order chi connectivity index (χ0) is 21.4. The van der Waals surface area contributed by atoms with Gasteiger partial charge in [0, 0.05) is 25.9 Å². The second-order valence-electron chi connectivity index (χ2n) is 10.2. The summed E-state index contributed by atoms with van der Waals surface area (Å²) in [6.45, 7) is 2.57. The van der Waals surface area contributed by atoms with Crippen LogP contribution in [0, 0.1) is 23.7 Å². The van der Waals surface area contributed by atoms with Crippen LogP contribution in [0.2, 0.25) is 5.02 Å². The molecule has 0 amide bonds. The van der Waals surface area contributed by atoms with Crippen molar-refractivity contribution in [1.29, 1.82) is 0 Å². The normalized spacial score (nSPS) is 38.2. The smallest absolute Gasteiger partial charge is 0.309 e. The molecular weight excluding hydrogens is 422 g/mol. The van der Waals surface area contributed by atoms with Crippen molar-refractivity contribution in [2.24, 2.45) is 23.7 Å². The highest BCUT2D eigenvalue weighted by molar-refractivity contribution is 6.33. The van der Waals surface area contributed by atoms with Crippen molar-refractivity contribution in [2.45, 2.75) is 56.3 Å². The highest BCUT2D eigenvalue weighted by atomic mass is 35.5. The average Bonchev–Trinajstić information content (AvgIpc) is 3.17. The largest absolute Gasteiger partial charge is 0.481 e. The molecule has 168 valence electrons. The van der Waals surface area contributed by atoms with E-state index in [0.717, 1.165) is 19.3 Å². The van der Waals surface area contributed by atoms with Crippen molar-refractivity contribution in [3.8, 4) is 0 Å². The molecule has 1 N–H and O–H groups in total. The number of carbonyl (C=O) groups is 1. The average molecular weight is 450 g/mol. The summed E-state index contributed by atoms with van der Waals surface area (Å²) >= 11 is 6.63. The Labute approximate surface area is 185 Å². The van der Waals surface area contributed by atoms with Crippen LogP contribution in [0.15, 0.2) is 11.0 Å². The third-order valence-corrected chi connectivity index (χ3v) is 8.90. The van der Waals surface area contributed by atoms with Crippen molar-refractivity contribution in [1.82, 2.24) is 9.78 Å². The molecule has 0 aromatic carbocycles. The van der Waals surface area contributed by atoms with Gasteiger partial charge in [-0.15, -0.1) is 0 Å². The molecule has 4 saturated carbocycles. The molecule has 4 aliphatic carbocycles. The van der Waals surface area contributed by atoms with Crippen LogP contribution in [-0.2, 0) is 19.8 Å². The summed E-state index contributed by atoms with van der Waals surface area (Å²) in [7, 11) is 0. The van der Waals surface area contributed by atoms with Crippen LogP contribution in [0.4, 0.5) is 5.69 Å². The number of piperidine rings is 1. The van der Waals surface area contributed by atoms with Crippen LogP contribution in [0.25, 0.3) is 0 Å². The van der Waals surface area contributed by atoms with Gasteiger partial charge >= 0.3 is 5.97 Å². The van der Waals surface area contributed by atoms with E-state index in [1.807, 2.05) is 0 Å². The maximum Gasteiger partial charge on any atom is 0.309 e. The Balaban J connectivity index is 1.34. The first kappa shape index (κ1) is 20.0. The van der Waals surface area contributed by atoms with Crippen molar-refractivity contribution in [3.63, 3.8) is 0 Å². The molecule has 6 fully saturated rings. The standard InChI is InChI=1S/C22H28ClN3O5/c23-18-16(25-3-1-22(2-4-25)30-5-6-31-22)12-24-26(19(18)27)21-10-13-7-14(11-21)9-15(8-13)17(21)20(28)29/h12-15,17H,1-11H2,(H,28,29)/t13-,14+,15?,17-,21?/m1/s1. The van der Waals surface area contributed by atoms with Crippen LogP contribution < -0.4 is 10.5 Å². The van der Waals surface area contributed by atoms with E-state index in [4.69, 9.17) is 21.1 Å². The molecule has 0 radical (unpaired) electrons. The van der Waals surface area contributed by atoms with Gasteiger partial charge in [0.15, 0.2) is 5.79 Å². The summed E-state index contributed by atoms with van der Waals surface area (Å²) in [5.41, 5.74) is -0.495. The van der Waals surface area contributed by atoms with Crippen molar-refractivity contribution >= 4 is 23.3 Å². The minimum absolute atomic E-state index is 0.126. The van der Waals surface area contributed by atoms with Gasteiger partial charge in [0.2, 0.25) is 0 Å². The number of anilines is 1. The number of hydrogen-bond donors (Lipinski definition) is 1. The Bertz CT molecular complexity index is 950.